The van der Waals surface area contributed by atoms with Crippen LogP contribution in [0.15, 0.2) is 47.7 Å². The predicted octanol–water partition coefficient (Wildman–Crippen LogP) is 2.82. The highest BCUT2D eigenvalue weighted by molar-refractivity contribution is 5.79. The lowest BCUT2D eigenvalue weighted by atomic mass is 9.96. The number of nitrogens with one attached hydrogen (secondary N) is 2. The maximum absolute atomic E-state index is 6.08. The number of aromatic nitrogens is 1. The van der Waals surface area contributed by atoms with Crippen LogP contribution in [-0.4, -0.2) is 23.7 Å². The van der Waals surface area contributed by atoms with Gasteiger partial charge in [-0.25, -0.2) is 0 Å². The Kier molecular flexibility index (Phi) is 5.41. The Hall–Kier alpha value is -2.43. The normalized spacial score (nSPS) is 15.0. The minimum atomic E-state index is 0.390. The first-order valence-corrected chi connectivity index (χ1v) is 8.54. The third kappa shape index (κ3) is 4.31. The van der Waals surface area contributed by atoms with Crippen LogP contribution in [0.3, 0.4) is 0 Å². The molecular formula is C19H26N4O. The smallest absolute Gasteiger partial charge is 0.191 e. The lowest BCUT2D eigenvalue weighted by Gasteiger charge is -2.27. The number of benzene rings is 1. The number of nitrogens with zero attached hydrogens (tertiary/aromatic N) is 2. The molecule has 1 aromatic heterocycles. The first kappa shape index (κ1) is 16.4. The Morgan fingerprint density at radius 3 is 2.67 bits per heavy atom. The highest BCUT2D eigenvalue weighted by Gasteiger charge is 2.20. The number of aryl methyl sites for hydroxylation is 1. The lowest BCUT2D eigenvalue weighted by Crippen LogP contribution is -2.36. The van der Waals surface area contributed by atoms with Gasteiger partial charge < -0.3 is 19.9 Å². The van der Waals surface area contributed by atoms with Gasteiger partial charge in [0.05, 0.1) is 6.10 Å². The largest absolute Gasteiger partial charge is 0.490 e. The van der Waals surface area contributed by atoms with Crippen molar-refractivity contribution in [2.45, 2.75) is 38.5 Å². The van der Waals surface area contributed by atoms with Crippen molar-refractivity contribution >= 4 is 5.96 Å². The molecule has 1 aliphatic rings. The summed E-state index contributed by atoms with van der Waals surface area (Å²) in [6, 6.07) is 10.3. The van der Waals surface area contributed by atoms with Gasteiger partial charge in [0.25, 0.3) is 0 Å². The van der Waals surface area contributed by atoms with Gasteiger partial charge in [-0.2, -0.15) is 0 Å². The van der Waals surface area contributed by atoms with Crippen LogP contribution in [0.5, 0.6) is 5.75 Å². The molecule has 24 heavy (non-hydrogen) atoms. The van der Waals surface area contributed by atoms with Crippen LogP contribution >= 0.6 is 0 Å². The molecule has 0 saturated heterocycles. The zero-order chi connectivity index (χ0) is 16.8. The van der Waals surface area contributed by atoms with Gasteiger partial charge in [0.2, 0.25) is 0 Å². The molecule has 3 rings (SSSR count). The number of para-hydroxylation sites is 1. The third-order valence-corrected chi connectivity index (χ3v) is 4.34. The molecule has 1 heterocycles. The summed E-state index contributed by atoms with van der Waals surface area (Å²) in [4.78, 5) is 4.29. The maximum atomic E-state index is 6.08. The van der Waals surface area contributed by atoms with Crippen LogP contribution in [0, 0.1) is 0 Å². The molecule has 2 N–H and O–H groups in total. The fourth-order valence-electron chi connectivity index (χ4n) is 2.68. The van der Waals surface area contributed by atoms with E-state index in [2.05, 4.69) is 40.0 Å². The predicted molar refractivity (Wildman–Crippen MR) is 97.2 cm³/mol. The molecular weight excluding hydrogens is 300 g/mol. The molecule has 0 amide bonds. The molecule has 0 radical (unpaired) electrons. The zero-order valence-corrected chi connectivity index (χ0v) is 14.5. The second-order valence-corrected chi connectivity index (χ2v) is 6.24. The summed E-state index contributed by atoms with van der Waals surface area (Å²) in [6.07, 6.45) is 8.15. The molecule has 0 unspecified atom stereocenters. The summed E-state index contributed by atoms with van der Waals surface area (Å²) in [6.45, 7) is 1.44. The topological polar surface area (TPSA) is 50.6 Å². The van der Waals surface area contributed by atoms with E-state index in [1.165, 1.54) is 24.8 Å². The average Bonchev–Trinajstić information content (AvgIpc) is 2.97. The van der Waals surface area contributed by atoms with Gasteiger partial charge in [0.15, 0.2) is 5.96 Å². The second-order valence-electron chi connectivity index (χ2n) is 6.24. The summed E-state index contributed by atoms with van der Waals surface area (Å²) < 4.78 is 8.12. The van der Waals surface area contributed by atoms with Crippen LogP contribution in [-0.2, 0) is 20.1 Å². The summed E-state index contributed by atoms with van der Waals surface area (Å²) >= 11 is 0. The van der Waals surface area contributed by atoms with E-state index in [-0.39, 0.29) is 0 Å². The molecule has 1 saturated carbocycles. The van der Waals surface area contributed by atoms with E-state index in [4.69, 9.17) is 4.74 Å². The first-order valence-electron chi connectivity index (χ1n) is 8.54. The molecule has 128 valence electrons. The van der Waals surface area contributed by atoms with Crippen molar-refractivity contribution < 1.29 is 4.74 Å². The molecule has 1 aromatic carbocycles. The SMILES string of the molecule is CN=C(NCc1ccn(C)c1)NCc1ccccc1OC1CCC1. The molecule has 0 bridgehead atoms. The number of ether oxygens (including phenoxy) is 1. The Balaban J connectivity index is 1.53. The quantitative estimate of drug-likeness (QED) is 0.634. The summed E-state index contributed by atoms with van der Waals surface area (Å²) in [5.74, 6) is 1.77. The van der Waals surface area contributed by atoms with Crippen molar-refractivity contribution in [3.63, 3.8) is 0 Å². The van der Waals surface area contributed by atoms with Gasteiger partial charge in [-0.3, -0.25) is 4.99 Å². The van der Waals surface area contributed by atoms with E-state index in [9.17, 15) is 0 Å². The van der Waals surface area contributed by atoms with Crippen molar-refractivity contribution in [1.82, 2.24) is 15.2 Å². The van der Waals surface area contributed by atoms with Gasteiger partial charge in [-0.1, -0.05) is 18.2 Å². The number of hydrogen-bond acceptors (Lipinski definition) is 2. The Labute approximate surface area is 143 Å². The molecule has 0 atom stereocenters. The molecule has 0 spiro atoms. The van der Waals surface area contributed by atoms with Crippen molar-refractivity contribution in [1.29, 1.82) is 0 Å². The summed E-state index contributed by atoms with van der Waals surface area (Å²) in [7, 11) is 3.81. The van der Waals surface area contributed by atoms with Gasteiger partial charge in [0.1, 0.15) is 5.75 Å². The Morgan fingerprint density at radius 1 is 1.21 bits per heavy atom. The van der Waals surface area contributed by atoms with Crippen LogP contribution in [0.25, 0.3) is 0 Å². The molecule has 1 aliphatic carbocycles. The third-order valence-electron chi connectivity index (χ3n) is 4.34. The minimum absolute atomic E-state index is 0.390. The molecule has 0 aliphatic heterocycles. The van der Waals surface area contributed by atoms with Gasteiger partial charge in [0, 0.05) is 45.1 Å². The van der Waals surface area contributed by atoms with E-state index in [0.29, 0.717) is 12.6 Å². The Morgan fingerprint density at radius 2 is 2.00 bits per heavy atom. The molecule has 5 nitrogen and oxygen atoms in total. The number of rotatable bonds is 6. The van der Waals surface area contributed by atoms with Crippen LogP contribution in [0.2, 0.25) is 0 Å². The monoisotopic (exact) mass is 326 g/mol. The second kappa shape index (κ2) is 7.90. The van der Waals surface area contributed by atoms with Gasteiger partial charge >= 0.3 is 0 Å². The van der Waals surface area contributed by atoms with Crippen LogP contribution < -0.4 is 15.4 Å². The van der Waals surface area contributed by atoms with Crippen LogP contribution in [0.4, 0.5) is 0 Å². The zero-order valence-electron chi connectivity index (χ0n) is 14.5. The van der Waals surface area contributed by atoms with E-state index in [1.807, 2.05) is 29.9 Å². The number of guanidine groups is 1. The van der Waals surface area contributed by atoms with E-state index in [0.717, 1.165) is 23.8 Å². The fraction of sp³-hybridized carbons (Fsp3) is 0.421. The van der Waals surface area contributed by atoms with Crippen molar-refractivity contribution in [2.24, 2.45) is 12.0 Å². The van der Waals surface area contributed by atoms with E-state index < -0.39 is 0 Å². The lowest BCUT2D eigenvalue weighted by molar-refractivity contribution is 0.119. The van der Waals surface area contributed by atoms with Crippen molar-refractivity contribution in [2.75, 3.05) is 7.05 Å². The van der Waals surface area contributed by atoms with E-state index >= 15 is 0 Å². The number of aliphatic imine (C=N–C) groups is 1. The highest BCUT2D eigenvalue weighted by atomic mass is 16.5. The first-order chi connectivity index (χ1) is 11.7. The summed E-state index contributed by atoms with van der Waals surface area (Å²) in [5.41, 5.74) is 2.39. The Bertz CT molecular complexity index is 688. The average molecular weight is 326 g/mol. The molecule has 1 fully saturated rings. The number of hydrogen-bond donors (Lipinski definition) is 2. The standard InChI is InChI=1S/C19H26N4O/c1-20-19(21-12-15-10-11-23(2)14-15)22-13-16-6-3-4-9-18(16)24-17-7-5-8-17/h3-4,6,9-11,14,17H,5,7-8,12-13H2,1-2H3,(H2,20,21,22). The van der Waals surface area contributed by atoms with Crippen LogP contribution in [0.1, 0.15) is 30.4 Å². The minimum Gasteiger partial charge on any atom is -0.490 e. The highest BCUT2D eigenvalue weighted by Crippen LogP contribution is 2.27. The molecule has 2 aromatic rings. The van der Waals surface area contributed by atoms with Gasteiger partial charge in [-0.15, -0.1) is 0 Å². The fourth-order valence-corrected chi connectivity index (χ4v) is 2.68. The van der Waals surface area contributed by atoms with E-state index in [1.54, 1.807) is 7.05 Å². The van der Waals surface area contributed by atoms with Crippen molar-refractivity contribution in [3.8, 4) is 5.75 Å². The summed E-state index contributed by atoms with van der Waals surface area (Å²) in [5, 5.41) is 6.70. The molecule has 5 heteroatoms. The maximum Gasteiger partial charge on any atom is 0.191 e. The van der Waals surface area contributed by atoms with Crippen molar-refractivity contribution in [3.05, 3.63) is 53.9 Å². The van der Waals surface area contributed by atoms with Gasteiger partial charge in [-0.05, 0) is 37.0 Å².